The maximum Gasteiger partial charge on any atom is 0.323 e. The van der Waals surface area contributed by atoms with Gasteiger partial charge in [-0.3, -0.25) is 9.59 Å². The number of rotatable bonds is 5. The number of ether oxygens (including phenoxy) is 2. The van der Waals surface area contributed by atoms with Crippen molar-refractivity contribution in [1.82, 2.24) is 0 Å². The summed E-state index contributed by atoms with van der Waals surface area (Å²) < 4.78 is 36.5. The van der Waals surface area contributed by atoms with E-state index in [2.05, 4.69) is 13.2 Å². The molecule has 0 heterocycles. The average molecular weight is 407 g/mol. The average Bonchev–Trinajstić information content (AvgIpc) is 2.67. The van der Waals surface area contributed by atoms with Gasteiger partial charge >= 0.3 is 11.9 Å². The molecule has 1 aromatic carbocycles. The topological polar surface area (TPSA) is 86.7 Å². The molecular weight excluding hydrogens is 380 g/mol. The van der Waals surface area contributed by atoms with Crippen LogP contribution in [-0.4, -0.2) is 39.8 Å². The van der Waals surface area contributed by atoms with Gasteiger partial charge in [0.05, 0.1) is 24.4 Å². The normalized spacial score (nSPS) is 21.6. The summed E-state index contributed by atoms with van der Waals surface area (Å²) in [5.41, 5.74) is 0.207. The SMILES string of the molecule is C=C(C)[C@@H]1CC(C(=O)OC)(C(=O)OC)C[C@H](S(=O)(=O)c2ccc(C)cc2)C1=C. The molecule has 0 unspecified atom stereocenters. The van der Waals surface area contributed by atoms with Crippen molar-refractivity contribution in [3.63, 3.8) is 0 Å². The van der Waals surface area contributed by atoms with Gasteiger partial charge in [-0.15, -0.1) is 0 Å². The zero-order valence-corrected chi connectivity index (χ0v) is 17.5. The minimum absolute atomic E-state index is 0.0143. The van der Waals surface area contributed by atoms with E-state index in [1.165, 1.54) is 12.1 Å². The summed E-state index contributed by atoms with van der Waals surface area (Å²) in [6, 6.07) is 6.42. The molecule has 0 aliphatic heterocycles. The standard InChI is InChI=1S/C21H26O6S/c1-13(2)17-11-21(19(22)26-5,20(23)27-6)12-18(15(17)4)28(24,25)16-9-7-14(3)8-10-16/h7-10,17-18H,1,4,11-12H2,2-3,5-6H3/t17-,18-/m0/s1. The Morgan fingerprint density at radius 3 is 2.00 bits per heavy atom. The molecule has 28 heavy (non-hydrogen) atoms. The van der Waals surface area contributed by atoms with Gasteiger partial charge in [-0.1, -0.05) is 42.0 Å². The predicted octanol–water partition coefficient (Wildman–Crippen LogP) is 3.01. The second-order valence-corrected chi connectivity index (χ2v) is 9.42. The molecule has 0 amide bonds. The van der Waals surface area contributed by atoms with Crippen LogP contribution in [0.15, 0.2) is 53.5 Å². The molecule has 2 rings (SSSR count). The molecule has 0 N–H and O–H groups in total. The van der Waals surface area contributed by atoms with Crippen LogP contribution in [0.3, 0.4) is 0 Å². The molecule has 1 fully saturated rings. The van der Waals surface area contributed by atoms with Crippen LogP contribution in [0.2, 0.25) is 0 Å². The summed E-state index contributed by atoms with van der Waals surface area (Å²) in [4.78, 5) is 25.4. The number of hydrogen-bond acceptors (Lipinski definition) is 6. The first-order valence-corrected chi connectivity index (χ1v) is 10.4. The van der Waals surface area contributed by atoms with E-state index in [0.717, 1.165) is 19.8 Å². The minimum atomic E-state index is -3.91. The molecule has 1 aliphatic carbocycles. The molecule has 0 aromatic heterocycles. The van der Waals surface area contributed by atoms with Crippen LogP contribution in [0.25, 0.3) is 0 Å². The van der Waals surface area contributed by atoms with E-state index in [1.807, 2.05) is 6.92 Å². The van der Waals surface area contributed by atoms with E-state index in [4.69, 9.17) is 9.47 Å². The second kappa shape index (κ2) is 7.91. The van der Waals surface area contributed by atoms with Crippen LogP contribution in [0, 0.1) is 18.3 Å². The van der Waals surface area contributed by atoms with Gasteiger partial charge in [-0.05, 0) is 38.8 Å². The number of allylic oxidation sites excluding steroid dienone is 1. The van der Waals surface area contributed by atoms with Gasteiger partial charge in [0.2, 0.25) is 0 Å². The largest absolute Gasteiger partial charge is 0.468 e. The van der Waals surface area contributed by atoms with Crippen LogP contribution in [0.4, 0.5) is 0 Å². The lowest BCUT2D eigenvalue weighted by atomic mass is 9.66. The number of carbonyl (C=O) groups excluding carboxylic acids is 2. The molecule has 1 saturated carbocycles. The number of aryl methyl sites for hydroxylation is 1. The fourth-order valence-corrected chi connectivity index (χ4v) is 5.64. The van der Waals surface area contributed by atoms with E-state index in [1.54, 1.807) is 19.1 Å². The Morgan fingerprint density at radius 2 is 1.57 bits per heavy atom. The molecule has 152 valence electrons. The molecule has 1 aliphatic rings. The van der Waals surface area contributed by atoms with Crippen molar-refractivity contribution >= 4 is 21.8 Å². The summed E-state index contributed by atoms with van der Waals surface area (Å²) in [5.74, 6) is -2.18. The summed E-state index contributed by atoms with van der Waals surface area (Å²) >= 11 is 0. The van der Waals surface area contributed by atoms with Gasteiger partial charge in [0.25, 0.3) is 0 Å². The molecule has 1 aromatic rings. The Bertz CT molecular complexity index is 895. The van der Waals surface area contributed by atoms with Crippen LogP contribution < -0.4 is 0 Å². The van der Waals surface area contributed by atoms with Crippen molar-refractivity contribution in [2.75, 3.05) is 14.2 Å². The highest BCUT2D eigenvalue weighted by molar-refractivity contribution is 7.92. The second-order valence-electron chi connectivity index (χ2n) is 7.29. The zero-order chi connectivity index (χ0) is 21.3. The number of benzene rings is 1. The lowest BCUT2D eigenvalue weighted by molar-refractivity contribution is -0.171. The third-order valence-corrected chi connectivity index (χ3v) is 7.57. The lowest BCUT2D eigenvalue weighted by Crippen LogP contribution is -2.51. The van der Waals surface area contributed by atoms with Crippen LogP contribution in [-0.2, 0) is 28.9 Å². The summed E-state index contributed by atoms with van der Waals surface area (Å²) in [7, 11) is -1.58. The quantitative estimate of drug-likeness (QED) is 0.424. The monoisotopic (exact) mass is 406 g/mol. The maximum absolute atomic E-state index is 13.4. The summed E-state index contributed by atoms with van der Waals surface area (Å²) in [6.07, 6.45) is -0.272. The lowest BCUT2D eigenvalue weighted by Gasteiger charge is -2.42. The van der Waals surface area contributed by atoms with Gasteiger partial charge < -0.3 is 9.47 Å². The van der Waals surface area contributed by atoms with E-state index in [-0.39, 0.29) is 17.7 Å². The third-order valence-electron chi connectivity index (χ3n) is 5.42. The zero-order valence-electron chi connectivity index (χ0n) is 16.7. The van der Waals surface area contributed by atoms with E-state index >= 15 is 0 Å². The van der Waals surface area contributed by atoms with Gasteiger partial charge in [0.1, 0.15) is 0 Å². The Labute approximate surface area is 166 Å². The van der Waals surface area contributed by atoms with Crippen LogP contribution >= 0.6 is 0 Å². The molecular formula is C21H26O6S. The number of hydrogen-bond donors (Lipinski definition) is 0. The highest BCUT2D eigenvalue weighted by atomic mass is 32.2. The Hall–Kier alpha value is -2.41. The molecule has 7 heteroatoms. The van der Waals surface area contributed by atoms with Crippen molar-refractivity contribution in [3.8, 4) is 0 Å². The fraction of sp³-hybridized carbons (Fsp3) is 0.429. The van der Waals surface area contributed by atoms with Gasteiger partial charge in [-0.2, -0.15) is 0 Å². The van der Waals surface area contributed by atoms with Crippen molar-refractivity contribution in [3.05, 3.63) is 54.1 Å². The van der Waals surface area contributed by atoms with Gasteiger partial charge in [-0.25, -0.2) is 8.42 Å². The third kappa shape index (κ3) is 3.63. The Kier molecular flexibility index (Phi) is 6.18. The summed E-state index contributed by atoms with van der Waals surface area (Å²) in [5, 5.41) is -1.15. The number of esters is 2. The van der Waals surface area contributed by atoms with Crippen molar-refractivity contribution < 1.29 is 27.5 Å². The molecule has 0 radical (unpaired) electrons. The number of carbonyl (C=O) groups is 2. The van der Waals surface area contributed by atoms with Gasteiger partial charge in [0.15, 0.2) is 15.3 Å². The fourth-order valence-electron chi connectivity index (χ4n) is 3.73. The molecule has 0 spiro atoms. The Balaban J connectivity index is 2.66. The molecule has 0 bridgehead atoms. The molecule has 0 saturated heterocycles. The minimum Gasteiger partial charge on any atom is -0.468 e. The molecule has 6 nitrogen and oxygen atoms in total. The van der Waals surface area contributed by atoms with Crippen molar-refractivity contribution in [1.29, 1.82) is 0 Å². The van der Waals surface area contributed by atoms with E-state index in [9.17, 15) is 18.0 Å². The Morgan fingerprint density at radius 1 is 1.07 bits per heavy atom. The number of methoxy groups -OCH3 is 2. The van der Waals surface area contributed by atoms with Gasteiger partial charge in [0, 0.05) is 5.92 Å². The first-order chi connectivity index (χ1) is 13.0. The van der Waals surface area contributed by atoms with E-state index < -0.39 is 38.4 Å². The number of sulfone groups is 1. The maximum atomic E-state index is 13.4. The predicted molar refractivity (Wildman–Crippen MR) is 105 cm³/mol. The van der Waals surface area contributed by atoms with Crippen molar-refractivity contribution in [2.24, 2.45) is 11.3 Å². The highest BCUT2D eigenvalue weighted by Crippen LogP contribution is 2.49. The first kappa shape index (κ1) is 21.9. The van der Waals surface area contributed by atoms with Crippen LogP contribution in [0.1, 0.15) is 25.3 Å². The smallest absolute Gasteiger partial charge is 0.323 e. The first-order valence-electron chi connectivity index (χ1n) is 8.82. The van der Waals surface area contributed by atoms with Crippen molar-refractivity contribution in [2.45, 2.75) is 36.8 Å². The highest BCUT2D eigenvalue weighted by Gasteiger charge is 2.57. The van der Waals surface area contributed by atoms with Crippen LogP contribution in [0.5, 0.6) is 0 Å². The molecule has 2 atom stereocenters. The summed E-state index contributed by atoms with van der Waals surface area (Å²) in [6.45, 7) is 11.5. The van der Waals surface area contributed by atoms with E-state index in [0.29, 0.717) is 11.1 Å².